The first-order valence-electron chi connectivity index (χ1n) is 8.49. The molecule has 1 aliphatic rings. The Hall–Kier alpha value is -2.80. The number of nitrogens with one attached hydrogen (secondary N) is 1. The number of hydrogen-bond donors (Lipinski definition) is 1. The number of rotatable bonds is 6. The molecule has 26 heavy (non-hydrogen) atoms. The van der Waals surface area contributed by atoms with Crippen LogP contribution < -0.4 is 10.2 Å². The zero-order chi connectivity index (χ0) is 18.4. The number of halogens is 1. The van der Waals surface area contributed by atoms with Gasteiger partial charge < -0.3 is 15.0 Å². The highest BCUT2D eigenvalue weighted by molar-refractivity contribution is 5.99. The van der Waals surface area contributed by atoms with Crippen LogP contribution in [-0.4, -0.2) is 43.0 Å². The molecule has 3 rings (SSSR count). The van der Waals surface area contributed by atoms with E-state index in [1.807, 2.05) is 6.07 Å². The summed E-state index contributed by atoms with van der Waals surface area (Å²) >= 11 is 0. The van der Waals surface area contributed by atoms with Crippen LogP contribution in [0.15, 0.2) is 42.6 Å². The van der Waals surface area contributed by atoms with Crippen LogP contribution in [0.25, 0.3) is 0 Å². The van der Waals surface area contributed by atoms with Gasteiger partial charge in [-0.3, -0.25) is 9.59 Å². The van der Waals surface area contributed by atoms with E-state index in [2.05, 4.69) is 15.2 Å². The Morgan fingerprint density at radius 2 is 1.81 bits per heavy atom. The summed E-state index contributed by atoms with van der Waals surface area (Å²) in [6.45, 7) is 2.96. The maximum atomic E-state index is 12.9. The Kier molecular flexibility index (Phi) is 5.91. The fraction of sp³-hybridized carbons (Fsp3) is 0.316. The van der Waals surface area contributed by atoms with Gasteiger partial charge >= 0.3 is 0 Å². The van der Waals surface area contributed by atoms with Crippen molar-refractivity contribution in [1.82, 2.24) is 4.98 Å². The van der Waals surface area contributed by atoms with E-state index in [-0.39, 0.29) is 24.5 Å². The minimum atomic E-state index is -0.396. The summed E-state index contributed by atoms with van der Waals surface area (Å²) in [6, 6.07) is 8.94. The van der Waals surface area contributed by atoms with Gasteiger partial charge in [0.15, 0.2) is 5.78 Å². The molecule has 6 nitrogen and oxygen atoms in total. The number of anilines is 2. The summed E-state index contributed by atoms with van der Waals surface area (Å²) in [5.41, 5.74) is 0.983. The predicted molar refractivity (Wildman–Crippen MR) is 95.9 cm³/mol. The van der Waals surface area contributed by atoms with E-state index in [9.17, 15) is 14.0 Å². The highest BCUT2D eigenvalue weighted by atomic mass is 19.1. The molecule has 0 spiro atoms. The van der Waals surface area contributed by atoms with Gasteiger partial charge in [-0.1, -0.05) is 0 Å². The second-order valence-electron chi connectivity index (χ2n) is 5.98. The van der Waals surface area contributed by atoms with E-state index in [1.54, 1.807) is 12.3 Å². The van der Waals surface area contributed by atoms with Crippen molar-refractivity contribution in [3.05, 3.63) is 54.0 Å². The van der Waals surface area contributed by atoms with Gasteiger partial charge in [0.1, 0.15) is 11.6 Å². The molecule has 2 heterocycles. The third-order valence-electron chi connectivity index (χ3n) is 4.11. The van der Waals surface area contributed by atoms with Gasteiger partial charge in [-0.2, -0.15) is 0 Å². The van der Waals surface area contributed by atoms with Crippen LogP contribution in [0, 0.1) is 5.82 Å². The number of hydrogen-bond acceptors (Lipinski definition) is 5. The third kappa shape index (κ3) is 4.86. The Balaban J connectivity index is 1.48. The summed E-state index contributed by atoms with van der Waals surface area (Å²) in [6.07, 6.45) is 1.72. The molecule has 136 valence electrons. The molecule has 1 fully saturated rings. The molecule has 0 aliphatic carbocycles. The van der Waals surface area contributed by atoms with Crippen LogP contribution >= 0.6 is 0 Å². The number of morpholine rings is 1. The van der Waals surface area contributed by atoms with Gasteiger partial charge in [-0.05, 0) is 36.4 Å². The summed E-state index contributed by atoms with van der Waals surface area (Å²) in [5, 5.41) is 2.73. The van der Waals surface area contributed by atoms with Crippen molar-refractivity contribution in [2.24, 2.45) is 0 Å². The number of benzene rings is 1. The molecule has 1 saturated heterocycles. The molecular weight excluding hydrogens is 337 g/mol. The van der Waals surface area contributed by atoms with Gasteiger partial charge in [0.2, 0.25) is 5.91 Å². The molecule has 7 heteroatoms. The van der Waals surface area contributed by atoms with E-state index in [1.165, 1.54) is 24.3 Å². The number of ether oxygens (including phenoxy) is 1. The van der Waals surface area contributed by atoms with Crippen molar-refractivity contribution >= 4 is 23.2 Å². The fourth-order valence-corrected chi connectivity index (χ4v) is 2.67. The summed E-state index contributed by atoms with van der Waals surface area (Å²) in [5.74, 6) is -0.00701. The van der Waals surface area contributed by atoms with Crippen molar-refractivity contribution in [2.45, 2.75) is 12.8 Å². The first-order valence-corrected chi connectivity index (χ1v) is 8.49. The number of aromatic nitrogens is 1. The molecule has 1 aliphatic heterocycles. The minimum absolute atomic E-state index is 0.0570. The summed E-state index contributed by atoms with van der Waals surface area (Å²) < 4.78 is 18.2. The number of amides is 1. The Morgan fingerprint density at radius 1 is 1.08 bits per heavy atom. The number of ketones is 1. The van der Waals surface area contributed by atoms with Gasteiger partial charge in [0.25, 0.3) is 0 Å². The zero-order valence-corrected chi connectivity index (χ0v) is 14.3. The Bertz CT molecular complexity index is 757. The van der Waals surface area contributed by atoms with Crippen molar-refractivity contribution in [2.75, 3.05) is 36.5 Å². The van der Waals surface area contributed by atoms with Gasteiger partial charge in [-0.25, -0.2) is 9.37 Å². The van der Waals surface area contributed by atoms with Crippen LogP contribution in [0.3, 0.4) is 0 Å². The van der Waals surface area contributed by atoms with Gasteiger partial charge in [0.05, 0.1) is 25.1 Å². The first kappa shape index (κ1) is 18.0. The monoisotopic (exact) mass is 357 g/mol. The highest BCUT2D eigenvalue weighted by Gasteiger charge is 2.13. The zero-order valence-electron chi connectivity index (χ0n) is 14.3. The van der Waals surface area contributed by atoms with Gasteiger partial charge in [0, 0.05) is 31.5 Å². The molecule has 1 aromatic carbocycles. The van der Waals surface area contributed by atoms with E-state index < -0.39 is 5.82 Å². The largest absolute Gasteiger partial charge is 0.378 e. The van der Waals surface area contributed by atoms with Crippen molar-refractivity contribution in [1.29, 1.82) is 0 Å². The lowest BCUT2D eigenvalue weighted by atomic mass is 10.1. The second-order valence-corrected chi connectivity index (χ2v) is 5.98. The number of pyridine rings is 1. The molecule has 0 radical (unpaired) electrons. The molecule has 1 amide bonds. The normalized spacial score (nSPS) is 14.1. The van der Waals surface area contributed by atoms with Crippen molar-refractivity contribution < 1.29 is 18.7 Å². The van der Waals surface area contributed by atoms with Crippen molar-refractivity contribution in [3.63, 3.8) is 0 Å². The SMILES string of the molecule is O=C(CCC(=O)c1ccc(F)cc1)Nc1ccc(N2CCOCC2)nc1. The Labute approximate surface area is 151 Å². The number of carbonyl (C=O) groups excluding carboxylic acids is 2. The lowest BCUT2D eigenvalue weighted by Crippen LogP contribution is -2.36. The minimum Gasteiger partial charge on any atom is -0.378 e. The van der Waals surface area contributed by atoms with Crippen LogP contribution in [0.1, 0.15) is 23.2 Å². The molecule has 1 N–H and O–H groups in total. The Morgan fingerprint density at radius 3 is 2.46 bits per heavy atom. The first-order chi connectivity index (χ1) is 12.6. The van der Waals surface area contributed by atoms with E-state index in [0.717, 1.165) is 18.9 Å². The topological polar surface area (TPSA) is 71.5 Å². The molecule has 2 aromatic rings. The standard InChI is InChI=1S/C19H20FN3O3/c20-15-3-1-14(2-4-15)17(24)6-8-19(25)22-16-5-7-18(21-13-16)23-9-11-26-12-10-23/h1-5,7,13H,6,8-12H2,(H,22,25). The van der Waals surface area contributed by atoms with Crippen LogP contribution in [-0.2, 0) is 9.53 Å². The molecule has 0 saturated carbocycles. The number of nitrogens with zero attached hydrogens (tertiary/aromatic N) is 2. The molecule has 0 bridgehead atoms. The molecule has 1 aromatic heterocycles. The fourth-order valence-electron chi connectivity index (χ4n) is 2.67. The average molecular weight is 357 g/mol. The van der Waals surface area contributed by atoms with Crippen molar-refractivity contribution in [3.8, 4) is 0 Å². The molecule has 0 atom stereocenters. The van der Waals surface area contributed by atoms with Crippen LogP contribution in [0.5, 0.6) is 0 Å². The predicted octanol–water partition coefficient (Wildman–Crippen LogP) is 2.66. The summed E-state index contributed by atoms with van der Waals surface area (Å²) in [7, 11) is 0. The lowest BCUT2D eigenvalue weighted by Gasteiger charge is -2.27. The second kappa shape index (κ2) is 8.53. The smallest absolute Gasteiger partial charge is 0.224 e. The quantitative estimate of drug-likeness (QED) is 0.805. The summed E-state index contributed by atoms with van der Waals surface area (Å²) in [4.78, 5) is 30.5. The van der Waals surface area contributed by atoms with E-state index in [0.29, 0.717) is 24.5 Å². The number of carbonyl (C=O) groups is 2. The van der Waals surface area contributed by atoms with E-state index >= 15 is 0 Å². The molecular formula is C19H20FN3O3. The number of Topliss-reactive ketones (excluding diaryl/α,β-unsaturated/α-hetero) is 1. The maximum absolute atomic E-state index is 12.9. The van der Waals surface area contributed by atoms with Gasteiger partial charge in [-0.15, -0.1) is 0 Å². The lowest BCUT2D eigenvalue weighted by molar-refractivity contribution is -0.116. The van der Waals surface area contributed by atoms with E-state index in [4.69, 9.17) is 4.74 Å². The highest BCUT2D eigenvalue weighted by Crippen LogP contribution is 2.16. The molecule has 0 unspecified atom stereocenters. The van der Waals surface area contributed by atoms with Crippen LogP contribution in [0.2, 0.25) is 0 Å². The average Bonchev–Trinajstić information content (AvgIpc) is 2.68. The maximum Gasteiger partial charge on any atom is 0.224 e. The van der Waals surface area contributed by atoms with Crippen LogP contribution in [0.4, 0.5) is 15.9 Å². The third-order valence-corrected chi connectivity index (χ3v) is 4.11.